The SMILES string of the molecule is O=C(NCCN1C(=O)S/C(=C\c2cccnc2)C1=O)c1ccccc1OCc1ccc(F)cc1. The van der Waals surface area contributed by atoms with Gasteiger partial charge in [0.25, 0.3) is 17.1 Å². The Bertz CT molecular complexity index is 1230. The first kappa shape index (κ1) is 23.2. The summed E-state index contributed by atoms with van der Waals surface area (Å²) in [7, 11) is 0. The van der Waals surface area contributed by atoms with Crippen molar-refractivity contribution in [3.8, 4) is 5.75 Å². The van der Waals surface area contributed by atoms with E-state index in [4.69, 9.17) is 4.74 Å². The van der Waals surface area contributed by atoms with E-state index in [1.54, 1.807) is 67.0 Å². The molecule has 172 valence electrons. The Morgan fingerprint density at radius 1 is 1.09 bits per heavy atom. The molecule has 0 unspecified atom stereocenters. The van der Waals surface area contributed by atoms with Gasteiger partial charge in [-0.25, -0.2) is 4.39 Å². The van der Waals surface area contributed by atoms with E-state index in [-0.39, 0.29) is 25.5 Å². The van der Waals surface area contributed by atoms with E-state index in [9.17, 15) is 18.8 Å². The summed E-state index contributed by atoms with van der Waals surface area (Å²) in [6.07, 6.45) is 4.84. The molecule has 0 aliphatic carbocycles. The Hall–Kier alpha value is -3.98. The van der Waals surface area contributed by atoms with E-state index in [1.165, 1.54) is 12.1 Å². The maximum Gasteiger partial charge on any atom is 0.293 e. The molecular formula is C25H20FN3O4S. The quantitative estimate of drug-likeness (QED) is 0.488. The largest absolute Gasteiger partial charge is 0.488 e. The van der Waals surface area contributed by atoms with Crippen LogP contribution in [0.3, 0.4) is 0 Å². The molecular weight excluding hydrogens is 457 g/mol. The van der Waals surface area contributed by atoms with Crippen molar-refractivity contribution in [3.05, 3.63) is 100 Å². The van der Waals surface area contributed by atoms with Crippen LogP contribution < -0.4 is 10.1 Å². The molecule has 3 aromatic rings. The molecule has 1 fully saturated rings. The Morgan fingerprint density at radius 3 is 2.65 bits per heavy atom. The van der Waals surface area contributed by atoms with Gasteiger partial charge in [0.2, 0.25) is 0 Å². The monoisotopic (exact) mass is 477 g/mol. The number of amides is 3. The molecule has 1 saturated heterocycles. The highest BCUT2D eigenvalue weighted by Gasteiger charge is 2.34. The van der Waals surface area contributed by atoms with Gasteiger partial charge in [-0.05, 0) is 59.3 Å². The lowest BCUT2D eigenvalue weighted by Gasteiger charge is -2.14. The molecule has 0 radical (unpaired) electrons. The van der Waals surface area contributed by atoms with Crippen molar-refractivity contribution in [3.63, 3.8) is 0 Å². The summed E-state index contributed by atoms with van der Waals surface area (Å²) in [6.45, 7) is 0.299. The molecule has 34 heavy (non-hydrogen) atoms. The molecule has 4 rings (SSSR count). The fraction of sp³-hybridized carbons (Fsp3) is 0.120. The van der Waals surface area contributed by atoms with Gasteiger partial charge in [0, 0.05) is 25.5 Å². The Balaban J connectivity index is 1.33. The van der Waals surface area contributed by atoms with Crippen LogP contribution in [0.5, 0.6) is 5.75 Å². The molecule has 1 aliphatic rings. The first-order valence-corrected chi connectivity index (χ1v) is 11.2. The Labute approximate surface area is 199 Å². The van der Waals surface area contributed by atoms with Gasteiger partial charge in [-0.15, -0.1) is 0 Å². The average molecular weight is 478 g/mol. The van der Waals surface area contributed by atoms with E-state index in [0.29, 0.717) is 16.2 Å². The summed E-state index contributed by atoms with van der Waals surface area (Å²) in [5.41, 5.74) is 1.80. The van der Waals surface area contributed by atoms with Gasteiger partial charge in [-0.3, -0.25) is 24.3 Å². The molecule has 3 amide bonds. The van der Waals surface area contributed by atoms with Crippen molar-refractivity contribution in [2.24, 2.45) is 0 Å². The Morgan fingerprint density at radius 2 is 1.88 bits per heavy atom. The van der Waals surface area contributed by atoms with Gasteiger partial charge >= 0.3 is 0 Å². The fourth-order valence-corrected chi connectivity index (χ4v) is 4.07. The number of hydrogen-bond acceptors (Lipinski definition) is 6. The highest BCUT2D eigenvalue weighted by atomic mass is 32.2. The molecule has 2 aromatic carbocycles. The predicted molar refractivity (Wildman–Crippen MR) is 126 cm³/mol. The van der Waals surface area contributed by atoms with Crippen LogP contribution >= 0.6 is 11.8 Å². The van der Waals surface area contributed by atoms with E-state index in [0.717, 1.165) is 27.8 Å². The molecule has 1 aromatic heterocycles. The minimum absolute atomic E-state index is 0.0411. The van der Waals surface area contributed by atoms with E-state index in [1.807, 2.05) is 0 Å². The molecule has 9 heteroatoms. The number of benzene rings is 2. The zero-order chi connectivity index (χ0) is 23.9. The number of rotatable bonds is 8. The molecule has 2 heterocycles. The second-order valence-corrected chi connectivity index (χ2v) is 8.28. The number of thioether (sulfide) groups is 1. The molecule has 1 N–H and O–H groups in total. The number of imide groups is 1. The number of ether oxygens (including phenoxy) is 1. The van der Waals surface area contributed by atoms with E-state index < -0.39 is 17.1 Å². The Kier molecular flexibility index (Phi) is 7.34. The van der Waals surface area contributed by atoms with Crippen molar-refractivity contribution >= 4 is 34.9 Å². The van der Waals surface area contributed by atoms with Crippen LogP contribution in [0.15, 0.2) is 78.0 Å². The number of aromatic nitrogens is 1. The summed E-state index contributed by atoms with van der Waals surface area (Å²) in [5, 5.41) is 2.33. The summed E-state index contributed by atoms with van der Waals surface area (Å²) >= 11 is 0.854. The second-order valence-electron chi connectivity index (χ2n) is 7.29. The number of pyridine rings is 1. The van der Waals surface area contributed by atoms with E-state index in [2.05, 4.69) is 10.3 Å². The number of carbonyl (C=O) groups excluding carboxylic acids is 3. The lowest BCUT2D eigenvalue weighted by atomic mass is 10.2. The number of nitrogens with one attached hydrogen (secondary N) is 1. The van der Waals surface area contributed by atoms with Crippen LogP contribution in [0, 0.1) is 5.82 Å². The van der Waals surface area contributed by atoms with Crippen molar-refractivity contribution in [1.82, 2.24) is 15.2 Å². The van der Waals surface area contributed by atoms with Gasteiger partial charge in [0.1, 0.15) is 18.2 Å². The van der Waals surface area contributed by atoms with Crippen LogP contribution in [-0.4, -0.2) is 40.0 Å². The summed E-state index contributed by atoms with van der Waals surface area (Å²) < 4.78 is 18.8. The third kappa shape index (κ3) is 5.68. The zero-order valence-corrected chi connectivity index (χ0v) is 18.8. The number of halogens is 1. The van der Waals surface area contributed by atoms with Gasteiger partial charge in [0.05, 0.1) is 10.5 Å². The minimum atomic E-state index is -0.406. The fourth-order valence-electron chi connectivity index (χ4n) is 3.20. The van der Waals surface area contributed by atoms with Gasteiger partial charge in [0.15, 0.2) is 0 Å². The number of nitrogens with zero attached hydrogens (tertiary/aromatic N) is 2. The molecule has 0 spiro atoms. The lowest BCUT2D eigenvalue weighted by molar-refractivity contribution is -0.122. The third-order valence-corrected chi connectivity index (χ3v) is 5.82. The minimum Gasteiger partial charge on any atom is -0.488 e. The topological polar surface area (TPSA) is 88.6 Å². The van der Waals surface area contributed by atoms with Crippen LogP contribution in [0.2, 0.25) is 0 Å². The van der Waals surface area contributed by atoms with Crippen LogP contribution in [0.4, 0.5) is 9.18 Å². The first-order valence-electron chi connectivity index (χ1n) is 10.4. The molecule has 0 saturated carbocycles. The molecule has 7 nitrogen and oxygen atoms in total. The maximum absolute atomic E-state index is 13.1. The van der Waals surface area contributed by atoms with Gasteiger partial charge in [-0.1, -0.05) is 30.3 Å². The number of para-hydroxylation sites is 1. The van der Waals surface area contributed by atoms with Crippen molar-refractivity contribution in [1.29, 1.82) is 0 Å². The van der Waals surface area contributed by atoms with Crippen LogP contribution in [0.25, 0.3) is 6.08 Å². The number of hydrogen-bond donors (Lipinski definition) is 1. The van der Waals surface area contributed by atoms with Crippen molar-refractivity contribution in [2.75, 3.05) is 13.1 Å². The van der Waals surface area contributed by atoms with Crippen molar-refractivity contribution in [2.45, 2.75) is 6.61 Å². The lowest BCUT2D eigenvalue weighted by Crippen LogP contribution is -2.37. The van der Waals surface area contributed by atoms with E-state index >= 15 is 0 Å². The summed E-state index contributed by atoms with van der Waals surface area (Å²) in [6, 6.07) is 16.2. The normalized spacial score (nSPS) is 14.5. The predicted octanol–water partition coefficient (Wildman–Crippen LogP) is 4.27. The van der Waals surface area contributed by atoms with Crippen LogP contribution in [-0.2, 0) is 11.4 Å². The van der Waals surface area contributed by atoms with Gasteiger partial charge in [-0.2, -0.15) is 0 Å². The zero-order valence-electron chi connectivity index (χ0n) is 17.9. The second kappa shape index (κ2) is 10.8. The smallest absolute Gasteiger partial charge is 0.293 e. The summed E-state index contributed by atoms with van der Waals surface area (Å²) in [5.74, 6) is -0.768. The highest BCUT2D eigenvalue weighted by Crippen LogP contribution is 2.31. The van der Waals surface area contributed by atoms with Gasteiger partial charge < -0.3 is 10.1 Å². The standard InChI is InChI=1S/C25H20FN3O4S/c26-19-9-7-17(8-10-19)16-33-21-6-2-1-5-20(21)23(30)28-12-13-29-24(31)22(34-25(29)32)14-18-4-3-11-27-15-18/h1-11,14-15H,12-13,16H2,(H,28,30)/b22-14-. The van der Waals surface area contributed by atoms with Crippen LogP contribution in [0.1, 0.15) is 21.5 Å². The summed E-state index contributed by atoms with van der Waals surface area (Å²) in [4.78, 5) is 43.0. The van der Waals surface area contributed by atoms with Crippen molar-refractivity contribution < 1.29 is 23.5 Å². The third-order valence-electron chi connectivity index (χ3n) is 4.92. The first-order chi connectivity index (χ1) is 16.5. The highest BCUT2D eigenvalue weighted by molar-refractivity contribution is 8.18. The number of carbonyl (C=O) groups is 3. The molecule has 0 atom stereocenters. The molecule has 0 bridgehead atoms. The maximum atomic E-state index is 13.1. The average Bonchev–Trinajstić information content (AvgIpc) is 3.11. The molecule has 1 aliphatic heterocycles.